The summed E-state index contributed by atoms with van der Waals surface area (Å²) in [6.45, 7) is 0. The molecule has 1 aliphatic rings. The largest absolute Gasteiger partial charge is 0.495 e. The molecule has 0 saturated carbocycles. The van der Waals surface area contributed by atoms with Crippen LogP contribution in [0.15, 0.2) is 30.4 Å². The van der Waals surface area contributed by atoms with Crippen LogP contribution in [0.3, 0.4) is 0 Å². The van der Waals surface area contributed by atoms with Crippen molar-refractivity contribution in [3.8, 4) is 5.75 Å². The van der Waals surface area contributed by atoms with Gasteiger partial charge in [-0.15, -0.1) is 0 Å². The first-order valence-corrected chi connectivity index (χ1v) is 4.92. The van der Waals surface area contributed by atoms with E-state index < -0.39 is 0 Å². The van der Waals surface area contributed by atoms with Crippen LogP contribution in [0.5, 0.6) is 5.75 Å². The molecule has 1 aromatic carbocycles. The van der Waals surface area contributed by atoms with Crippen LogP contribution < -0.4 is 10.5 Å². The minimum absolute atomic E-state index is 0.477. The molecular weight excluding hydrogens is 174 g/mol. The molecule has 1 aromatic rings. The number of methoxy groups -OCH3 is 1. The number of hydrogen-bond acceptors (Lipinski definition) is 2. The number of allylic oxidation sites excluding steroid dienone is 2. The number of nitrogen functional groups attached to an aromatic ring is 1. The van der Waals surface area contributed by atoms with Gasteiger partial charge in [-0.25, -0.2) is 0 Å². The highest BCUT2D eigenvalue weighted by atomic mass is 16.5. The fraction of sp³-hybridized carbons (Fsp3) is 0.333. The Labute approximate surface area is 84.4 Å². The monoisotopic (exact) mass is 189 g/mol. The van der Waals surface area contributed by atoms with Crippen molar-refractivity contribution in [3.05, 3.63) is 35.9 Å². The number of para-hydroxylation sites is 1. The van der Waals surface area contributed by atoms with Crippen LogP contribution in [-0.4, -0.2) is 7.11 Å². The molecule has 1 atom stereocenters. The van der Waals surface area contributed by atoms with E-state index >= 15 is 0 Å². The minimum Gasteiger partial charge on any atom is -0.495 e. The Kier molecular flexibility index (Phi) is 2.44. The fourth-order valence-corrected chi connectivity index (χ4v) is 1.95. The van der Waals surface area contributed by atoms with Crippen molar-refractivity contribution in [2.45, 2.75) is 18.8 Å². The molecule has 2 rings (SSSR count). The molecule has 74 valence electrons. The zero-order valence-corrected chi connectivity index (χ0v) is 8.36. The molecule has 0 aromatic heterocycles. The van der Waals surface area contributed by atoms with Crippen molar-refractivity contribution >= 4 is 5.69 Å². The zero-order valence-electron chi connectivity index (χ0n) is 8.36. The van der Waals surface area contributed by atoms with Crippen molar-refractivity contribution < 1.29 is 4.74 Å². The molecule has 2 nitrogen and oxygen atoms in total. The number of hydrogen-bond donors (Lipinski definition) is 1. The molecule has 0 bridgehead atoms. The van der Waals surface area contributed by atoms with E-state index in [9.17, 15) is 0 Å². The predicted octanol–water partition coefficient (Wildman–Crippen LogP) is 2.71. The van der Waals surface area contributed by atoms with Gasteiger partial charge in [0.05, 0.1) is 12.8 Å². The second-order valence-electron chi connectivity index (χ2n) is 3.58. The molecule has 0 fully saturated rings. The smallest absolute Gasteiger partial charge is 0.142 e. The number of ether oxygens (including phenoxy) is 1. The van der Waals surface area contributed by atoms with E-state index in [0.717, 1.165) is 24.3 Å². The molecule has 0 saturated heterocycles. The molecule has 1 unspecified atom stereocenters. The molecule has 1 aliphatic carbocycles. The lowest BCUT2D eigenvalue weighted by Crippen LogP contribution is -2.00. The SMILES string of the molecule is COc1cccc(C2C=CCC2)c1N. The third-order valence-corrected chi connectivity index (χ3v) is 2.73. The van der Waals surface area contributed by atoms with Gasteiger partial charge in [0.15, 0.2) is 0 Å². The lowest BCUT2D eigenvalue weighted by Gasteiger charge is -2.13. The van der Waals surface area contributed by atoms with Crippen LogP contribution in [0, 0.1) is 0 Å². The molecule has 0 spiro atoms. The summed E-state index contributed by atoms with van der Waals surface area (Å²) in [6.07, 6.45) is 6.76. The highest BCUT2D eigenvalue weighted by Crippen LogP contribution is 2.36. The van der Waals surface area contributed by atoms with Gasteiger partial charge < -0.3 is 10.5 Å². The predicted molar refractivity (Wildman–Crippen MR) is 58.5 cm³/mol. The fourth-order valence-electron chi connectivity index (χ4n) is 1.95. The van der Waals surface area contributed by atoms with Crippen molar-refractivity contribution in [1.82, 2.24) is 0 Å². The Morgan fingerprint density at radius 2 is 2.29 bits per heavy atom. The van der Waals surface area contributed by atoms with Crippen molar-refractivity contribution in [1.29, 1.82) is 0 Å². The topological polar surface area (TPSA) is 35.2 Å². The van der Waals surface area contributed by atoms with Gasteiger partial charge >= 0.3 is 0 Å². The Bertz CT molecular complexity index is 357. The lowest BCUT2D eigenvalue weighted by molar-refractivity contribution is 0.416. The third kappa shape index (κ3) is 1.48. The maximum absolute atomic E-state index is 6.01. The molecule has 0 radical (unpaired) electrons. The Balaban J connectivity index is 2.37. The zero-order chi connectivity index (χ0) is 9.97. The van der Waals surface area contributed by atoms with Gasteiger partial charge in [0.2, 0.25) is 0 Å². The van der Waals surface area contributed by atoms with Crippen molar-refractivity contribution in [2.24, 2.45) is 0 Å². The normalized spacial score (nSPS) is 19.9. The number of rotatable bonds is 2. The summed E-state index contributed by atoms with van der Waals surface area (Å²) in [5, 5.41) is 0. The first-order chi connectivity index (χ1) is 6.83. The van der Waals surface area contributed by atoms with Gasteiger partial charge in [0, 0.05) is 5.92 Å². The van der Waals surface area contributed by atoms with Crippen LogP contribution in [0.2, 0.25) is 0 Å². The molecule has 14 heavy (non-hydrogen) atoms. The van der Waals surface area contributed by atoms with Gasteiger partial charge in [0.1, 0.15) is 5.75 Å². The van der Waals surface area contributed by atoms with Crippen LogP contribution in [0.4, 0.5) is 5.69 Å². The van der Waals surface area contributed by atoms with Crippen molar-refractivity contribution in [3.63, 3.8) is 0 Å². The van der Waals surface area contributed by atoms with Gasteiger partial charge in [-0.1, -0.05) is 24.3 Å². The van der Waals surface area contributed by atoms with E-state index in [2.05, 4.69) is 18.2 Å². The second-order valence-corrected chi connectivity index (χ2v) is 3.58. The summed E-state index contributed by atoms with van der Waals surface area (Å²) in [4.78, 5) is 0. The number of nitrogens with two attached hydrogens (primary N) is 1. The maximum Gasteiger partial charge on any atom is 0.142 e. The minimum atomic E-state index is 0.477. The van der Waals surface area contributed by atoms with Crippen molar-refractivity contribution in [2.75, 3.05) is 12.8 Å². The average molecular weight is 189 g/mol. The molecule has 0 aliphatic heterocycles. The molecule has 0 amide bonds. The van der Waals surface area contributed by atoms with E-state index in [1.54, 1.807) is 7.11 Å². The van der Waals surface area contributed by atoms with Crippen LogP contribution in [0.1, 0.15) is 24.3 Å². The van der Waals surface area contributed by atoms with Gasteiger partial charge in [-0.05, 0) is 24.5 Å². The molecule has 2 heteroatoms. The quantitative estimate of drug-likeness (QED) is 0.573. The standard InChI is InChI=1S/C12H15NO/c1-14-11-8-4-7-10(12(11)13)9-5-2-3-6-9/h2,4-5,7-9H,3,6,13H2,1H3. The molecular formula is C12H15NO. The van der Waals surface area contributed by atoms with E-state index in [1.807, 2.05) is 12.1 Å². The van der Waals surface area contributed by atoms with Crippen LogP contribution >= 0.6 is 0 Å². The maximum atomic E-state index is 6.01. The number of anilines is 1. The molecule has 0 heterocycles. The number of benzene rings is 1. The first kappa shape index (κ1) is 9.13. The summed E-state index contributed by atoms with van der Waals surface area (Å²) in [5.74, 6) is 1.26. The Hall–Kier alpha value is -1.44. The summed E-state index contributed by atoms with van der Waals surface area (Å²) < 4.78 is 5.20. The highest BCUT2D eigenvalue weighted by Gasteiger charge is 2.16. The summed E-state index contributed by atoms with van der Waals surface area (Å²) in [6, 6.07) is 5.98. The summed E-state index contributed by atoms with van der Waals surface area (Å²) >= 11 is 0. The third-order valence-electron chi connectivity index (χ3n) is 2.73. The van der Waals surface area contributed by atoms with E-state index in [0.29, 0.717) is 5.92 Å². The first-order valence-electron chi connectivity index (χ1n) is 4.92. The van der Waals surface area contributed by atoms with E-state index in [-0.39, 0.29) is 0 Å². The highest BCUT2D eigenvalue weighted by molar-refractivity contribution is 5.60. The van der Waals surface area contributed by atoms with Gasteiger partial charge in [0.25, 0.3) is 0 Å². The summed E-state index contributed by atoms with van der Waals surface area (Å²) in [5.41, 5.74) is 7.99. The van der Waals surface area contributed by atoms with Gasteiger partial charge in [-0.2, -0.15) is 0 Å². The Morgan fingerprint density at radius 3 is 2.93 bits per heavy atom. The van der Waals surface area contributed by atoms with E-state index in [4.69, 9.17) is 10.5 Å². The second kappa shape index (κ2) is 3.74. The van der Waals surface area contributed by atoms with E-state index in [1.165, 1.54) is 5.56 Å². The molecule has 2 N–H and O–H groups in total. The van der Waals surface area contributed by atoms with Crippen LogP contribution in [0.25, 0.3) is 0 Å². The van der Waals surface area contributed by atoms with Gasteiger partial charge in [-0.3, -0.25) is 0 Å². The average Bonchev–Trinajstić information content (AvgIpc) is 2.71. The van der Waals surface area contributed by atoms with Crippen LogP contribution in [-0.2, 0) is 0 Å². The Morgan fingerprint density at radius 1 is 1.43 bits per heavy atom. The lowest BCUT2D eigenvalue weighted by atomic mass is 9.97. The summed E-state index contributed by atoms with van der Waals surface area (Å²) in [7, 11) is 1.65.